The fourth-order valence-corrected chi connectivity index (χ4v) is 1.94. The van der Waals surface area contributed by atoms with Gasteiger partial charge in [-0.3, -0.25) is 9.97 Å². The Bertz CT molecular complexity index is 569. The molecule has 1 N–H and O–H groups in total. The summed E-state index contributed by atoms with van der Waals surface area (Å²) in [6.07, 6.45) is 8.33. The van der Waals surface area contributed by atoms with Gasteiger partial charge in [0, 0.05) is 42.3 Å². The lowest BCUT2D eigenvalue weighted by Gasteiger charge is -2.10. The maximum absolute atomic E-state index is 5.63. The number of rotatable bonds is 7. The lowest BCUT2D eigenvalue weighted by Crippen LogP contribution is -2.21. The molecule has 0 aliphatic carbocycles. The molecule has 4 nitrogen and oxygen atoms in total. The van der Waals surface area contributed by atoms with Crippen LogP contribution >= 0.6 is 0 Å². The van der Waals surface area contributed by atoms with Crippen LogP contribution in [0.25, 0.3) is 11.1 Å². The van der Waals surface area contributed by atoms with Crippen molar-refractivity contribution in [2.24, 2.45) is 0 Å². The molecule has 4 heteroatoms. The Morgan fingerprint density at radius 3 is 2.48 bits per heavy atom. The van der Waals surface area contributed by atoms with Gasteiger partial charge in [0.15, 0.2) is 0 Å². The molecule has 2 rings (SSSR count). The monoisotopic (exact) mass is 285 g/mol. The third-order valence-corrected chi connectivity index (χ3v) is 3.03. The average Bonchev–Trinajstić information content (AvgIpc) is 2.51. The normalized spacial score (nSPS) is 10.9. The Morgan fingerprint density at radius 1 is 1.05 bits per heavy atom. The highest BCUT2D eigenvalue weighted by Gasteiger charge is 2.04. The maximum Gasteiger partial charge on any atom is 0.138 e. The lowest BCUT2D eigenvalue weighted by atomic mass is 10.1. The first-order valence-corrected chi connectivity index (χ1v) is 7.44. The molecule has 0 atom stereocenters. The largest absolute Gasteiger partial charge is 0.492 e. The van der Waals surface area contributed by atoms with E-state index < -0.39 is 0 Å². The van der Waals surface area contributed by atoms with Gasteiger partial charge in [-0.25, -0.2) is 0 Å². The smallest absolute Gasteiger partial charge is 0.138 e. The quantitative estimate of drug-likeness (QED) is 0.846. The number of pyridine rings is 2. The van der Waals surface area contributed by atoms with Crippen molar-refractivity contribution in [3.05, 3.63) is 42.5 Å². The minimum absolute atomic E-state index is 0.459. The van der Waals surface area contributed by atoms with E-state index in [1.165, 1.54) is 5.56 Å². The van der Waals surface area contributed by atoms with Crippen molar-refractivity contribution in [2.75, 3.05) is 6.61 Å². The standard InChI is InChI=1S/C17H23N3O/c1-4-5-21-17-7-16(11-19-12-17)15-6-14(8-18-10-15)9-20-13(2)3/h6-8,10-13,20H,4-5,9H2,1-3H3. The Hall–Kier alpha value is -1.94. The molecule has 0 aliphatic heterocycles. The van der Waals surface area contributed by atoms with Crippen LogP contribution in [0.4, 0.5) is 0 Å². The first kappa shape index (κ1) is 15.4. The summed E-state index contributed by atoms with van der Waals surface area (Å²) >= 11 is 0. The van der Waals surface area contributed by atoms with E-state index in [0.717, 1.165) is 29.8 Å². The first-order valence-electron chi connectivity index (χ1n) is 7.44. The lowest BCUT2D eigenvalue weighted by molar-refractivity contribution is 0.316. The molecule has 2 aromatic heterocycles. The van der Waals surface area contributed by atoms with Crippen LogP contribution in [-0.4, -0.2) is 22.6 Å². The van der Waals surface area contributed by atoms with Crippen LogP contribution in [0.5, 0.6) is 5.75 Å². The summed E-state index contributed by atoms with van der Waals surface area (Å²) < 4.78 is 5.63. The third kappa shape index (κ3) is 4.83. The van der Waals surface area contributed by atoms with Crippen LogP contribution in [0.15, 0.2) is 36.9 Å². The highest BCUT2D eigenvalue weighted by atomic mass is 16.5. The highest BCUT2D eigenvalue weighted by molar-refractivity contribution is 5.63. The van der Waals surface area contributed by atoms with E-state index in [-0.39, 0.29) is 0 Å². The second-order valence-electron chi connectivity index (χ2n) is 5.38. The summed E-state index contributed by atoms with van der Waals surface area (Å²) in [5, 5.41) is 3.40. The van der Waals surface area contributed by atoms with Gasteiger partial charge in [-0.15, -0.1) is 0 Å². The minimum Gasteiger partial charge on any atom is -0.492 e. The molecule has 21 heavy (non-hydrogen) atoms. The number of nitrogens with zero attached hydrogens (tertiary/aromatic N) is 2. The fraction of sp³-hybridized carbons (Fsp3) is 0.412. The Kier molecular flexibility index (Phi) is 5.69. The number of ether oxygens (including phenoxy) is 1. The molecule has 2 heterocycles. The van der Waals surface area contributed by atoms with E-state index in [1.807, 2.05) is 24.7 Å². The molecule has 0 radical (unpaired) electrons. The van der Waals surface area contributed by atoms with Crippen molar-refractivity contribution in [1.82, 2.24) is 15.3 Å². The first-order chi connectivity index (χ1) is 10.2. The average molecular weight is 285 g/mol. The van der Waals surface area contributed by atoms with Gasteiger partial charge in [0.2, 0.25) is 0 Å². The SMILES string of the molecule is CCCOc1cncc(-c2cncc(CNC(C)C)c2)c1. The Morgan fingerprint density at radius 2 is 1.76 bits per heavy atom. The van der Waals surface area contributed by atoms with Gasteiger partial charge < -0.3 is 10.1 Å². The Balaban J connectivity index is 2.15. The molecular weight excluding hydrogens is 262 g/mol. The molecule has 2 aromatic rings. The van der Waals surface area contributed by atoms with E-state index in [0.29, 0.717) is 12.6 Å². The van der Waals surface area contributed by atoms with Crippen molar-refractivity contribution in [3.8, 4) is 16.9 Å². The number of nitrogens with one attached hydrogen (secondary N) is 1. The molecule has 0 unspecified atom stereocenters. The highest BCUT2D eigenvalue weighted by Crippen LogP contribution is 2.22. The van der Waals surface area contributed by atoms with Gasteiger partial charge in [0.25, 0.3) is 0 Å². The topological polar surface area (TPSA) is 47.0 Å². The molecule has 0 spiro atoms. The van der Waals surface area contributed by atoms with E-state index in [2.05, 4.69) is 42.1 Å². The van der Waals surface area contributed by atoms with Gasteiger partial charge in [-0.2, -0.15) is 0 Å². The maximum atomic E-state index is 5.63. The molecule has 112 valence electrons. The molecule has 0 fully saturated rings. The molecule has 0 saturated carbocycles. The summed E-state index contributed by atoms with van der Waals surface area (Å²) in [4.78, 5) is 8.57. The van der Waals surface area contributed by atoms with E-state index in [4.69, 9.17) is 4.74 Å². The molecule has 0 amide bonds. The number of aromatic nitrogens is 2. The van der Waals surface area contributed by atoms with Crippen LogP contribution in [0.1, 0.15) is 32.8 Å². The predicted molar refractivity (Wildman–Crippen MR) is 85.2 cm³/mol. The zero-order chi connectivity index (χ0) is 15.1. The zero-order valence-electron chi connectivity index (χ0n) is 13.0. The van der Waals surface area contributed by atoms with Gasteiger partial charge >= 0.3 is 0 Å². The zero-order valence-corrected chi connectivity index (χ0v) is 13.0. The fourth-order valence-electron chi connectivity index (χ4n) is 1.94. The molecule has 0 saturated heterocycles. The van der Waals surface area contributed by atoms with Crippen molar-refractivity contribution in [3.63, 3.8) is 0 Å². The van der Waals surface area contributed by atoms with Crippen LogP contribution in [0.3, 0.4) is 0 Å². The van der Waals surface area contributed by atoms with Crippen molar-refractivity contribution in [1.29, 1.82) is 0 Å². The third-order valence-electron chi connectivity index (χ3n) is 3.03. The van der Waals surface area contributed by atoms with Crippen LogP contribution in [0, 0.1) is 0 Å². The minimum atomic E-state index is 0.459. The summed E-state index contributed by atoms with van der Waals surface area (Å²) in [6, 6.07) is 4.61. The second-order valence-corrected chi connectivity index (χ2v) is 5.38. The van der Waals surface area contributed by atoms with Crippen molar-refractivity contribution in [2.45, 2.75) is 39.8 Å². The van der Waals surface area contributed by atoms with E-state index in [9.17, 15) is 0 Å². The molecule has 0 aromatic carbocycles. The summed E-state index contributed by atoms with van der Waals surface area (Å²) in [7, 11) is 0. The number of hydrogen-bond donors (Lipinski definition) is 1. The number of hydrogen-bond acceptors (Lipinski definition) is 4. The van der Waals surface area contributed by atoms with Gasteiger partial charge in [-0.1, -0.05) is 20.8 Å². The van der Waals surface area contributed by atoms with Gasteiger partial charge in [-0.05, 0) is 24.1 Å². The molecule has 0 bridgehead atoms. The summed E-state index contributed by atoms with van der Waals surface area (Å²) in [6.45, 7) is 7.89. The van der Waals surface area contributed by atoms with Crippen LogP contribution < -0.4 is 10.1 Å². The predicted octanol–water partition coefficient (Wildman–Crippen LogP) is 3.43. The van der Waals surface area contributed by atoms with E-state index >= 15 is 0 Å². The molecule has 0 aliphatic rings. The van der Waals surface area contributed by atoms with Gasteiger partial charge in [0.1, 0.15) is 5.75 Å². The molecular formula is C17H23N3O. The second kappa shape index (κ2) is 7.74. The summed E-state index contributed by atoms with van der Waals surface area (Å²) in [5.41, 5.74) is 3.26. The Labute approximate surface area is 126 Å². The van der Waals surface area contributed by atoms with Crippen LogP contribution in [-0.2, 0) is 6.54 Å². The summed E-state index contributed by atoms with van der Waals surface area (Å²) in [5.74, 6) is 0.806. The van der Waals surface area contributed by atoms with Crippen LogP contribution in [0.2, 0.25) is 0 Å². The van der Waals surface area contributed by atoms with Gasteiger partial charge in [0.05, 0.1) is 12.8 Å². The van der Waals surface area contributed by atoms with E-state index in [1.54, 1.807) is 6.20 Å². The van der Waals surface area contributed by atoms with Crippen molar-refractivity contribution < 1.29 is 4.74 Å². The van der Waals surface area contributed by atoms with Crippen molar-refractivity contribution >= 4 is 0 Å².